The first-order chi connectivity index (χ1) is 4.61. The molecule has 0 nitrogen and oxygen atoms in total. The Kier molecular flexibility index (Phi) is 2.38. The number of rotatable bonds is 0. The molecule has 1 saturated carbocycles. The standard InChI is InChI=1S/C10H18/c1-10(2,3)9-7-5-4-6-8-9/h4,7,9H,5-6,8H2,1-3H3. The molecule has 10 heavy (non-hydrogen) atoms. The van der Waals surface area contributed by atoms with Crippen molar-refractivity contribution >= 4 is 0 Å². The van der Waals surface area contributed by atoms with Gasteiger partial charge >= 0.3 is 0 Å². The molecule has 0 aromatic heterocycles. The first-order valence-corrected chi connectivity index (χ1v) is 4.26. The summed E-state index contributed by atoms with van der Waals surface area (Å²) in [5.74, 6) is 0.845. The lowest BCUT2D eigenvalue weighted by Crippen LogP contribution is -2.23. The van der Waals surface area contributed by atoms with E-state index in [0.717, 1.165) is 5.92 Å². The molecule has 0 heterocycles. The van der Waals surface area contributed by atoms with Crippen LogP contribution in [0.1, 0.15) is 40.0 Å². The van der Waals surface area contributed by atoms with Crippen molar-refractivity contribution in [2.75, 3.05) is 0 Å². The normalized spacial score (nSPS) is 23.1. The lowest BCUT2D eigenvalue weighted by atomic mass is 9.72. The van der Waals surface area contributed by atoms with Crippen molar-refractivity contribution in [1.29, 1.82) is 0 Å². The smallest absolute Gasteiger partial charge is 0.0334 e. The molecule has 1 aliphatic rings. The van der Waals surface area contributed by atoms with Gasteiger partial charge < -0.3 is 0 Å². The molecule has 2 radical (unpaired) electrons. The predicted molar refractivity (Wildman–Crippen MR) is 45.4 cm³/mol. The van der Waals surface area contributed by atoms with Crippen LogP contribution in [0.15, 0.2) is 0 Å². The summed E-state index contributed by atoms with van der Waals surface area (Å²) in [6.07, 6.45) is 8.75. The maximum absolute atomic E-state index is 2.46. The van der Waals surface area contributed by atoms with Crippen molar-refractivity contribution in [2.45, 2.75) is 40.0 Å². The Labute approximate surface area is 65.0 Å². The minimum absolute atomic E-state index is 0.494. The molecule has 0 amide bonds. The van der Waals surface area contributed by atoms with Crippen LogP contribution in [-0.2, 0) is 0 Å². The second kappa shape index (κ2) is 2.94. The Hall–Kier alpha value is 0. The van der Waals surface area contributed by atoms with E-state index in [1.54, 1.807) is 0 Å². The van der Waals surface area contributed by atoms with E-state index >= 15 is 0 Å². The molecule has 0 bridgehead atoms. The van der Waals surface area contributed by atoms with E-state index in [0.29, 0.717) is 5.41 Å². The molecule has 0 saturated heterocycles. The van der Waals surface area contributed by atoms with Crippen LogP contribution in [0.2, 0.25) is 0 Å². The van der Waals surface area contributed by atoms with Crippen molar-refractivity contribution in [1.82, 2.24) is 0 Å². The lowest BCUT2D eigenvalue weighted by Gasteiger charge is -2.33. The first kappa shape index (κ1) is 8.10. The molecular formula is C10H18. The molecule has 0 aromatic rings. The van der Waals surface area contributed by atoms with E-state index in [9.17, 15) is 0 Å². The average Bonchev–Trinajstić information content (AvgIpc) is 1.88. The van der Waals surface area contributed by atoms with Crippen LogP contribution in [0.5, 0.6) is 0 Å². The first-order valence-electron chi connectivity index (χ1n) is 4.26. The molecule has 1 atom stereocenters. The fourth-order valence-corrected chi connectivity index (χ4v) is 1.58. The van der Waals surface area contributed by atoms with E-state index in [2.05, 4.69) is 33.6 Å². The third-order valence-corrected chi connectivity index (χ3v) is 2.38. The summed E-state index contributed by atoms with van der Waals surface area (Å²) in [4.78, 5) is 0. The maximum atomic E-state index is 2.46. The zero-order valence-corrected chi connectivity index (χ0v) is 7.35. The second-order valence-electron chi connectivity index (χ2n) is 4.31. The molecule has 1 aliphatic carbocycles. The highest BCUT2D eigenvalue weighted by Gasteiger charge is 2.25. The summed E-state index contributed by atoms with van der Waals surface area (Å²) in [6.45, 7) is 7.00. The van der Waals surface area contributed by atoms with Gasteiger partial charge in [0.05, 0.1) is 0 Å². The van der Waals surface area contributed by atoms with Gasteiger partial charge in [0.15, 0.2) is 0 Å². The minimum Gasteiger partial charge on any atom is -0.0599 e. The van der Waals surface area contributed by atoms with Gasteiger partial charge in [0.1, 0.15) is 0 Å². The zero-order chi connectivity index (χ0) is 7.61. The van der Waals surface area contributed by atoms with Crippen molar-refractivity contribution in [2.24, 2.45) is 11.3 Å². The van der Waals surface area contributed by atoms with Crippen molar-refractivity contribution in [3.63, 3.8) is 0 Å². The topological polar surface area (TPSA) is 0 Å². The summed E-state index contributed by atoms with van der Waals surface area (Å²) >= 11 is 0. The van der Waals surface area contributed by atoms with Crippen molar-refractivity contribution in [3.05, 3.63) is 12.8 Å². The van der Waals surface area contributed by atoms with E-state index in [4.69, 9.17) is 0 Å². The maximum Gasteiger partial charge on any atom is -0.0334 e. The Morgan fingerprint density at radius 3 is 2.30 bits per heavy atom. The average molecular weight is 138 g/mol. The van der Waals surface area contributed by atoms with Gasteiger partial charge in [-0.1, -0.05) is 20.8 Å². The Balaban J connectivity index is 2.39. The van der Waals surface area contributed by atoms with Crippen LogP contribution in [0.3, 0.4) is 0 Å². The Bertz CT molecular complexity index is 91.1. The van der Waals surface area contributed by atoms with Crippen LogP contribution in [0, 0.1) is 24.2 Å². The van der Waals surface area contributed by atoms with Crippen LogP contribution in [0.25, 0.3) is 0 Å². The lowest BCUT2D eigenvalue weighted by molar-refractivity contribution is 0.244. The molecule has 1 fully saturated rings. The van der Waals surface area contributed by atoms with E-state index < -0.39 is 0 Å². The predicted octanol–water partition coefficient (Wildman–Crippen LogP) is 3.24. The number of hydrogen-bond donors (Lipinski definition) is 0. The SMILES string of the molecule is CC(C)(C)C1[CH]C[CH]CC1. The van der Waals surface area contributed by atoms with Gasteiger partial charge in [0.2, 0.25) is 0 Å². The highest BCUT2D eigenvalue weighted by atomic mass is 14.3. The van der Waals surface area contributed by atoms with E-state index in [1.165, 1.54) is 19.3 Å². The van der Waals surface area contributed by atoms with Crippen LogP contribution < -0.4 is 0 Å². The van der Waals surface area contributed by atoms with Crippen molar-refractivity contribution in [3.8, 4) is 0 Å². The Morgan fingerprint density at radius 1 is 1.30 bits per heavy atom. The monoisotopic (exact) mass is 138 g/mol. The largest absolute Gasteiger partial charge is 0.0599 e. The fraction of sp³-hybridized carbons (Fsp3) is 0.800. The highest BCUT2D eigenvalue weighted by Crippen LogP contribution is 2.36. The van der Waals surface area contributed by atoms with Crippen LogP contribution >= 0.6 is 0 Å². The van der Waals surface area contributed by atoms with Gasteiger partial charge in [-0.25, -0.2) is 0 Å². The van der Waals surface area contributed by atoms with Crippen LogP contribution in [0.4, 0.5) is 0 Å². The summed E-state index contributed by atoms with van der Waals surface area (Å²) in [5.41, 5.74) is 0.494. The van der Waals surface area contributed by atoms with Gasteiger partial charge in [0.25, 0.3) is 0 Å². The Morgan fingerprint density at radius 2 is 2.00 bits per heavy atom. The van der Waals surface area contributed by atoms with Crippen LogP contribution in [-0.4, -0.2) is 0 Å². The quantitative estimate of drug-likeness (QED) is 0.482. The van der Waals surface area contributed by atoms with Gasteiger partial charge in [-0.05, 0) is 43.4 Å². The minimum atomic E-state index is 0.494. The molecule has 58 valence electrons. The molecule has 0 heteroatoms. The summed E-state index contributed by atoms with van der Waals surface area (Å²) in [5, 5.41) is 0. The molecular weight excluding hydrogens is 120 g/mol. The molecule has 1 unspecified atom stereocenters. The molecule has 1 rings (SSSR count). The van der Waals surface area contributed by atoms with Crippen molar-refractivity contribution < 1.29 is 0 Å². The number of hydrogen-bond acceptors (Lipinski definition) is 0. The van der Waals surface area contributed by atoms with E-state index in [-0.39, 0.29) is 0 Å². The fourth-order valence-electron chi connectivity index (χ4n) is 1.58. The highest BCUT2D eigenvalue weighted by molar-refractivity contribution is 4.94. The third-order valence-electron chi connectivity index (χ3n) is 2.38. The molecule has 0 aromatic carbocycles. The summed E-state index contributed by atoms with van der Waals surface area (Å²) in [7, 11) is 0. The second-order valence-corrected chi connectivity index (χ2v) is 4.31. The van der Waals surface area contributed by atoms with Gasteiger partial charge in [-0.15, -0.1) is 0 Å². The van der Waals surface area contributed by atoms with E-state index in [1.807, 2.05) is 0 Å². The molecule has 0 N–H and O–H groups in total. The van der Waals surface area contributed by atoms with Gasteiger partial charge in [0, 0.05) is 0 Å². The summed E-state index contributed by atoms with van der Waals surface area (Å²) in [6, 6.07) is 0. The zero-order valence-electron chi connectivity index (χ0n) is 7.35. The summed E-state index contributed by atoms with van der Waals surface area (Å²) < 4.78 is 0. The third kappa shape index (κ3) is 2.00. The molecule has 0 spiro atoms. The van der Waals surface area contributed by atoms with Gasteiger partial charge in [-0.2, -0.15) is 0 Å². The molecule has 0 aliphatic heterocycles. The van der Waals surface area contributed by atoms with Gasteiger partial charge in [-0.3, -0.25) is 0 Å².